The molecule has 32 heavy (non-hydrogen) atoms. The molecule has 3 rings (SSSR count). The molecule has 1 fully saturated rings. The Balaban J connectivity index is 1.49. The maximum Gasteiger partial charge on any atom is 0.261 e. The quantitative estimate of drug-likeness (QED) is 0.655. The standard InChI is InChI=1S/C24H33N3O4S/c1-18-6-5-15-27(17-18)22-9-7-20(8-10-22)16-25-24(28)19(2)31-23-13-11-21(12-14-23)26(3)32(4,29)30/h7-14,18-19H,5-6,15-17H2,1-4H3,(H,25,28). The lowest BCUT2D eigenvalue weighted by molar-refractivity contribution is -0.127. The molecule has 2 aromatic rings. The molecule has 1 heterocycles. The van der Waals surface area contributed by atoms with Gasteiger partial charge < -0.3 is 15.0 Å². The third-order valence-corrected chi connectivity index (χ3v) is 7.01. The molecule has 0 spiro atoms. The van der Waals surface area contributed by atoms with Crippen LogP contribution in [0.5, 0.6) is 5.75 Å². The van der Waals surface area contributed by atoms with E-state index >= 15 is 0 Å². The van der Waals surface area contributed by atoms with E-state index in [9.17, 15) is 13.2 Å². The molecule has 0 saturated carbocycles. The van der Waals surface area contributed by atoms with E-state index in [1.807, 2.05) is 0 Å². The Morgan fingerprint density at radius 3 is 2.44 bits per heavy atom. The van der Waals surface area contributed by atoms with Gasteiger partial charge in [0.25, 0.3) is 5.91 Å². The van der Waals surface area contributed by atoms with Gasteiger partial charge in [0.15, 0.2) is 6.10 Å². The van der Waals surface area contributed by atoms with Gasteiger partial charge in [-0.1, -0.05) is 19.1 Å². The SMILES string of the molecule is CC1CCCN(c2ccc(CNC(=O)C(C)Oc3ccc(N(C)S(C)(=O)=O)cc3)cc2)C1. The number of sulfonamides is 1. The van der Waals surface area contributed by atoms with Crippen LogP contribution >= 0.6 is 0 Å². The molecule has 1 aliphatic heterocycles. The number of carbonyl (C=O) groups is 1. The van der Waals surface area contributed by atoms with Crippen molar-refractivity contribution in [3.05, 3.63) is 54.1 Å². The number of hydrogen-bond donors (Lipinski definition) is 1. The van der Waals surface area contributed by atoms with Crippen LogP contribution in [-0.4, -0.2) is 46.8 Å². The average Bonchev–Trinajstić information content (AvgIpc) is 2.77. The highest BCUT2D eigenvalue weighted by molar-refractivity contribution is 7.92. The van der Waals surface area contributed by atoms with E-state index in [-0.39, 0.29) is 5.91 Å². The summed E-state index contributed by atoms with van der Waals surface area (Å²) in [4.78, 5) is 14.9. The Bertz CT molecular complexity index is 1010. The fraction of sp³-hybridized carbons (Fsp3) is 0.458. The summed E-state index contributed by atoms with van der Waals surface area (Å²) in [6.45, 7) is 6.60. The smallest absolute Gasteiger partial charge is 0.261 e. The fourth-order valence-corrected chi connectivity index (χ4v) is 4.27. The molecule has 2 atom stereocenters. The van der Waals surface area contributed by atoms with E-state index in [2.05, 4.69) is 41.4 Å². The van der Waals surface area contributed by atoms with Crippen molar-refractivity contribution in [3.8, 4) is 5.75 Å². The summed E-state index contributed by atoms with van der Waals surface area (Å²) in [6, 6.07) is 14.9. The third-order valence-electron chi connectivity index (χ3n) is 5.81. The van der Waals surface area contributed by atoms with E-state index in [1.165, 1.54) is 29.9 Å². The zero-order valence-corrected chi connectivity index (χ0v) is 20.1. The molecule has 1 aliphatic rings. The number of piperidine rings is 1. The molecule has 1 saturated heterocycles. The molecular formula is C24H33N3O4S. The Morgan fingerprint density at radius 1 is 1.19 bits per heavy atom. The first-order valence-corrected chi connectivity index (χ1v) is 12.8. The minimum absolute atomic E-state index is 0.212. The van der Waals surface area contributed by atoms with Crippen LogP contribution in [0.2, 0.25) is 0 Å². The molecule has 1 N–H and O–H groups in total. The van der Waals surface area contributed by atoms with Gasteiger partial charge in [0, 0.05) is 32.4 Å². The fourth-order valence-electron chi connectivity index (χ4n) is 3.77. The molecule has 0 aromatic heterocycles. The monoisotopic (exact) mass is 459 g/mol. The lowest BCUT2D eigenvalue weighted by atomic mass is 9.99. The minimum Gasteiger partial charge on any atom is -0.481 e. The van der Waals surface area contributed by atoms with Crippen LogP contribution in [-0.2, 0) is 21.4 Å². The number of ether oxygens (including phenoxy) is 1. The number of rotatable bonds is 8. The van der Waals surface area contributed by atoms with Crippen LogP contribution in [0.15, 0.2) is 48.5 Å². The number of anilines is 2. The Labute approximate surface area is 191 Å². The van der Waals surface area contributed by atoms with Gasteiger partial charge in [-0.3, -0.25) is 9.10 Å². The van der Waals surface area contributed by atoms with Crippen molar-refractivity contribution in [1.29, 1.82) is 0 Å². The van der Waals surface area contributed by atoms with Gasteiger partial charge in [0.05, 0.1) is 11.9 Å². The van der Waals surface area contributed by atoms with Crippen LogP contribution in [0.3, 0.4) is 0 Å². The number of carbonyl (C=O) groups excluding carboxylic acids is 1. The average molecular weight is 460 g/mol. The second-order valence-corrected chi connectivity index (χ2v) is 10.6. The molecule has 8 heteroatoms. The van der Waals surface area contributed by atoms with Crippen LogP contribution < -0.4 is 19.3 Å². The zero-order valence-electron chi connectivity index (χ0n) is 19.2. The molecular weight excluding hydrogens is 426 g/mol. The predicted molar refractivity (Wildman–Crippen MR) is 129 cm³/mol. The number of amides is 1. The number of hydrogen-bond acceptors (Lipinski definition) is 5. The highest BCUT2D eigenvalue weighted by Crippen LogP contribution is 2.23. The van der Waals surface area contributed by atoms with Crippen molar-refractivity contribution in [2.45, 2.75) is 39.3 Å². The summed E-state index contributed by atoms with van der Waals surface area (Å²) in [7, 11) is -1.84. The molecule has 174 valence electrons. The summed E-state index contributed by atoms with van der Waals surface area (Å²) in [5, 5.41) is 2.91. The second kappa shape index (κ2) is 10.3. The summed E-state index contributed by atoms with van der Waals surface area (Å²) < 4.78 is 30.1. The maximum absolute atomic E-state index is 12.4. The van der Waals surface area contributed by atoms with Crippen molar-refractivity contribution in [3.63, 3.8) is 0 Å². The van der Waals surface area contributed by atoms with Gasteiger partial charge in [0.2, 0.25) is 10.0 Å². The van der Waals surface area contributed by atoms with E-state index in [0.29, 0.717) is 18.0 Å². The number of nitrogens with one attached hydrogen (secondary N) is 1. The normalized spacial score (nSPS) is 17.5. The first-order valence-electron chi connectivity index (χ1n) is 11.0. The van der Waals surface area contributed by atoms with Crippen molar-refractivity contribution in [2.75, 3.05) is 35.6 Å². The molecule has 2 aromatic carbocycles. The molecule has 0 bridgehead atoms. The van der Waals surface area contributed by atoms with E-state index < -0.39 is 16.1 Å². The van der Waals surface area contributed by atoms with E-state index in [0.717, 1.165) is 30.8 Å². The van der Waals surface area contributed by atoms with Crippen molar-refractivity contribution < 1.29 is 17.9 Å². The first-order chi connectivity index (χ1) is 15.1. The Hall–Kier alpha value is -2.74. The van der Waals surface area contributed by atoms with E-state index in [4.69, 9.17) is 4.74 Å². The van der Waals surface area contributed by atoms with Gasteiger partial charge >= 0.3 is 0 Å². The Kier molecular flexibility index (Phi) is 7.66. The van der Waals surface area contributed by atoms with Gasteiger partial charge in [-0.05, 0) is 67.6 Å². The first kappa shape index (κ1) is 23.9. The lowest BCUT2D eigenvalue weighted by Crippen LogP contribution is -2.36. The van der Waals surface area contributed by atoms with Crippen LogP contribution in [0, 0.1) is 5.92 Å². The van der Waals surface area contributed by atoms with Gasteiger partial charge in [-0.2, -0.15) is 0 Å². The maximum atomic E-state index is 12.4. The minimum atomic E-state index is -3.33. The summed E-state index contributed by atoms with van der Waals surface area (Å²) in [5.41, 5.74) is 2.79. The van der Waals surface area contributed by atoms with Crippen molar-refractivity contribution in [1.82, 2.24) is 5.32 Å². The van der Waals surface area contributed by atoms with Gasteiger partial charge in [0.1, 0.15) is 5.75 Å². The van der Waals surface area contributed by atoms with Crippen LogP contribution in [0.1, 0.15) is 32.3 Å². The molecule has 7 nitrogen and oxygen atoms in total. The second-order valence-electron chi connectivity index (χ2n) is 8.56. The largest absolute Gasteiger partial charge is 0.481 e. The highest BCUT2D eigenvalue weighted by atomic mass is 32.2. The summed E-state index contributed by atoms with van der Waals surface area (Å²) in [5.74, 6) is 1.01. The van der Waals surface area contributed by atoms with Gasteiger partial charge in [-0.15, -0.1) is 0 Å². The van der Waals surface area contributed by atoms with Crippen molar-refractivity contribution in [2.24, 2.45) is 5.92 Å². The molecule has 1 amide bonds. The third kappa shape index (κ3) is 6.38. The zero-order chi connectivity index (χ0) is 23.3. The highest BCUT2D eigenvalue weighted by Gasteiger charge is 2.18. The van der Waals surface area contributed by atoms with E-state index in [1.54, 1.807) is 31.2 Å². The van der Waals surface area contributed by atoms with Crippen LogP contribution in [0.4, 0.5) is 11.4 Å². The Morgan fingerprint density at radius 2 is 1.84 bits per heavy atom. The molecule has 0 aliphatic carbocycles. The number of benzene rings is 2. The van der Waals surface area contributed by atoms with Gasteiger partial charge in [-0.25, -0.2) is 8.42 Å². The van der Waals surface area contributed by atoms with Crippen molar-refractivity contribution >= 4 is 27.3 Å². The number of nitrogens with zero attached hydrogens (tertiary/aromatic N) is 2. The topological polar surface area (TPSA) is 79.0 Å². The summed E-state index contributed by atoms with van der Waals surface area (Å²) in [6.07, 6.45) is 2.99. The predicted octanol–water partition coefficient (Wildman–Crippen LogP) is 3.40. The summed E-state index contributed by atoms with van der Waals surface area (Å²) >= 11 is 0. The molecule has 0 radical (unpaired) electrons. The lowest BCUT2D eigenvalue weighted by Gasteiger charge is -2.32. The van der Waals surface area contributed by atoms with Crippen LogP contribution in [0.25, 0.3) is 0 Å². The molecule has 2 unspecified atom stereocenters.